The van der Waals surface area contributed by atoms with Gasteiger partial charge in [-0.05, 0) is 70.2 Å². The van der Waals surface area contributed by atoms with Crippen molar-refractivity contribution < 1.29 is 4.42 Å². The predicted molar refractivity (Wildman–Crippen MR) is 174 cm³/mol. The van der Waals surface area contributed by atoms with Gasteiger partial charge in [-0.3, -0.25) is 0 Å². The molecule has 42 heavy (non-hydrogen) atoms. The fourth-order valence-corrected chi connectivity index (χ4v) is 7.81. The summed E-state index contributed by atoms with van der Waals surface area (Å²) < 4.78 is 11.3. The largest absolute Gasteiger partial charge is 0.454 e. The van der Waals surface area contributed by atoms with Gasteiger partial charge in [-0.15, -0.1) is 0 Å². The highest BCUT2D eigenvalue weighted by molar-refractivity contribution is 6.23. The van der Waals surface area contributed by atoms with Crippen LogP contribution in [0.25, 0.3) is 71.1 Å². The van der Waals surface area contributed by atoms with Crippen molar-refractivity contribution in [2.45, 2.75) is 38.8 Å². The minimum absolute atomic E-state index is 0.239. The molecular weight excluding hydrogens is 516 g/mol. The Kier molecular flexibility index (Phi) is 3.80. The molecule has 1 aliphatic rings. The molecule has 0 unspecified atom stereocenters. The van der Waals surface area contributed by atoms with Crippen molar-refractivity contribution in [2.24, 2.45) is 0 Å². The topological polar surface area (TPSA) is 38.6 Å². The number of para-hydroxylation sites is 3. The van der Waals surface area contributed by atoms with Crippen molar-refractivity contribution in [1.29, 1.82) is 0 Å². The summed E-state index contributed by atoms with van der Waals surface area (Å²) in [5, 5.41) is 7.40. The molecule has 5 aromatic carbocycles. The highest BCUT2D eigenvalue weighted by Gasteiger charge is 2.53. The second-order valence-electron chi connectivity index (χ2n) is 12.9. The van der Waals surface area contributed by atoms with Crippen molar-refractivity contribution in [3.05, 3.63) is 97.1 Å². The van der Waals surface area contributed by atoms with Gasteiger partial charge in [0.15, 0.2) is 5.58 Å². The summed E-state index contributed by atoms with van der Waals surface area (Å²) in [5.74, 6) is 0.953. The van der Waals surface area contributed by atoms with E-state index < -0.39 is 0 Å². The molecule has 10 rings (SSSR count). The molecule has 5 nitrogen and oxygen atoms in total. The van der Waals surface area contributed by atoms with Crippen molar-refractivity contribution in [2.75, 3.05) is 4.90 Å². The summed E-state index contributed by atoms with van der Waals surface area (Å²) in [6, 6.07) is 35.0. The van der Waals surface area contributed by atoms with Gasteiger partial charge in [0.05, 0.1) is 33.1 Å². The van der Waals surface area contributed by atoms with Crippen LogP contribution in [0.3, 0.4) is 0 Å². The maximum Gasteiger partial charge on any atom is 0.212 e. The average Bonchev–Trinajstić information content (AvgIpc) is 3.75. The highest BCUT2D eigenvalue weighted by Crippen LogP contribution is 2.53. The number of furan rings is 1. The number of fused-ring (bicyclic) bond motifs is 13. The zero-order chi connectivity index (χ0) is 28.1. The summed E-state index contributed by atoms with van der Waals surface area (Å²) in [4.78, 5) is 7.80. The first-order chi connectivity index (χ1) is 20.4. The first-order valence-electron chi connectivity index (χ1n) is 14.7. The van der Waals surface area contributed by atoms with E-state index in [9.17, 15) is 0 Å². The van der Waals surface area contributed by atoms with E-state index in [1.807, 2.05) is 12.1 Å². The van der Waals surface area contributed by atoms with Gasteiger partial charge in [0.1, 0.15) is 11.1 Å². The summed E-state index contributed by atoms with van der Waals surface area (Å²) in [6.45, 7) is 9.31. The Morgan fingerprint density at radius 3 is 2.14 bits per heavy atom. The molecule has 5 heteroatoms. The third-order valence-electron chi connectivity index (χ3n) is 10.4. The molecule has 5 heterocycles. The van der Waals surface area contributed by atoms with E-state index >= 15 is 0 Å². The summed E-state index contributed by atoms with van der Waals surface area (Å²) in [7, 11) is 0. The molecule has 0 aliphatic carbocycles. The second-order valence-corrected chi connectivity index (χ2v) is 12.9. The third kappa shape index (κ3) is 2.39. The van der Waals surface area contributed by atoms with Crippen molar-refractivity contribution in [3.63, 3.8) is 0 Å². The van der Waals surface area contributed by atoms with E-state index in [-0.39, 0.29) is 11.1 Å². The molecule has 0 N–H and O–H groups in total. The number of hydrogen-bond donors (Lipinski definition) is 0. The molecule has 0 spiro atoms. The standard InChI is InChI=1S/C37H28N4O/c1-36(2)37(3,4)41-30-19-17-26-23-11-6-8-15-31(23)42-34(26)32(30)38-35(41)40(36)21-16-18-29-27(20-21)25-13-9-12-24-22-10-5-7-14-28(22)39(29)33(24)25/h5-20H,1-4H3. The number of anilines is 2. The molecular formula is C37H28N4O. The van der Waals surface area contributed by atoms with Crippen LogP contribution in [0.1, 0.15) is 27.7 Å². The minimum Gasteiger partial charge on any atom is -0.454 e. The molecule has 0 amide bonds. The quantitative estimate of drug-likeness (QED) is 0.206. The zero-order valence-electron chi connectivity index (χ0n) is 23.9. The molecule has 4 aromatic heterocycles. The molecule has 0 atom stereocenters. The van der Waals surface area contributed by atoms with Gasteiger partial charge in [-0.2, -0.15) is 0 Å². The number of imidazole rings is 1. The fraction of sp³-hybridized carbons (Fsp3) is 0.162. The summed E-state index contributed by atoms with van der Waals surface area (Å²) in [6.07, 6.45) is 0. The van der Waals surface area contributed by atoms with Crippen molar-refractivity contribution in [3.8, 4) is 0 Å². The van der Waals surface area contributed by atoms with Gasteiger partial charge in [-0.25, -0.2) is 4.98 Å². The first-order valence-corrected chi connectivity index (χ1v) is 14.7. The molecule has 0 fully saturated rings. The Morgan fingerprint density at radius 1 is 0.595 bits per heavy atom. The lowest BCUT2D eigenvalue weighted by atomic mass is 9.82. The van der Waals surface area contributed by atoms with E-state index in [1.165, 1.54) is 38.1 Å². The molecule has 0 saturated carbocycles. The SMILES string of the molecule is CC1(C)N(c2ccc3c(c2)c2cccc4c5ccccc5n3c42)c2nc3c4oc5ccccc5c4ccc3n2C1(C)C. The third-order valence-corrected chi connectivity index (χ3v) is 10.4. The van der Waals surface area contributed by atoms with E-state index in [0.29, 0.717) is 0 Å². The molecule has 0 radical (unpaired) electrons. The van der Waals surface area contributed by atoms with E-state index in [0.717, 1.165) is 44.6 Å². The number of nitrogens with zero attached hydrogens (tertiary/aromatic N) is 4. The van der Waals surface area contributed by atoms with Crippen LogP contribution in [0.4, 0.5) is 11.6 Å². The monoisotopic (exact) mass is 544 g/mol. The van der Waals surface area contributed by atoms with Crippen LogP contribution in [0.15, 0.2) is 101 Å². The van der Waals surface area contributed by atoms with Gasteiger partial charge in [0, 0.05) is 38.0 Å². The predicted octanol–water partition coefficient (Wildman–Crippen LogP) is 9.75. The van der Waals surface area contributed by atoms with Crippen LogP contribution in [-0.2, 0) is 5.54 Å². The first kappa shape index (κ1) is 22.6. The maximum absolute atomic E-state index is 6.42. The molecule has 0 saturated heterocycles. The van der Waals surface area contributed by atoms with Crippen LogP contribution in [0, 0.1) is 0 Å². The summed E-state index contributed by atoms with van der Waals surface area (Å²) in [5.41, 5.74) is 8.23. The Balaban J connectivity index is 1.27. The zero-order valence-corrected chi connectivity index (χ0v) is 23.9. The van der Waals surface area contributed by atoms with Gasteiger partial charge in [0.2, 0.25) is 5.95 Å². The normalized spacial score (nSPS) is 16.4. The van der Waals surface area contributed by atoms with Gasteiger partial charge in [0.25, 0.3) is 0 Å². The van der Waals surface area contributed by atoms with Crippen LogP contribution < -0.4 is 4.90 Å². The fourth-order valence-electron chi connectivity index (χ4n) is 7.81. The molecule has 9 aromatic rings. The Bertz CT molecular complexity index is 2590. The lowest BCUT2D eigenvalue weighted by Gasteiger charge is -2.41. The lowest BCUT2D eigenvalue weighted by molar-refractivity contribution is 0.253. The van der Waals surface area contributed by atoms with Crippen molar-refractivity contribution in [1.82, 2.24) is 14.0 Å². The lowest BCUT2D eigenvalue weighted by Crippen LogP contribution is -2.50. The molecule has 0 bridgehead atoms. The Morgan fingerprint density at radius 2 is 1.29 bits per heavy atom. The van der Waals surface area contributed by atoms with Crippen LogP contribution in [0.2, 0.25) is 0 Å². The van der Waals surface area contributed by atoms with Gasteiger partial charge in [-0.1, -0.05) is 54.6 Å². The number of benzene rings is 5. The Labute approximate surface area is 241 Å². The van der Waals surface area contributed by atoms with Gasteiger partial charge >= 0.3 is 0 Å². The number of rotatable bonds is 1. The number of aromatic nitrogens is 3. The number of hydrogen-bond acceptors (Lipinski definition) is 3. The van der Waals surface area contributed by atoms with Gasteiger partial charge < -0.3 is 18.3 Å². The van der Waals surface area contributed by atoms with E-state index in [1.54, 1.807) is 0 Å². The summed E-state index contributed by atoms with van der Waals surface area (Å²) >= 11 is 0. The Hall–Kier alpha value is -5.03. The highest BCUT2D eigenvalue weighted by atomic mass is 16.3. The van der Waals surface area contributed by atoms with E-state index in [4.69, 9.17) is 9.40 Å². The van der Waals surface area contributed by atoms with Crippen LogP contribution >= 0.6 is 0 Å². The van der Waals surface area contributed by atoms with Crippen molar-refractivity contribution >= 4 is 82.7 Å². The molecule has 202 valence electrons. The maximum atomic E-state index is 6.42. The smallest absolute Gasteiger partial charge is 0.212 e. The minimum atomic E-state index is -0.243. The van der Waals surface area contributed by atoms with E-state index in [2.05, 4.69) is 126 Å². The second kappa shape index (κ2) is 7.05. The van der Waals surface area contributed by atoms with Crippen LogP contribution in [0.5, 0.6) is 0 Å². The van der Waals surface area contributed by atoms with Crippen LogP contribution in [-0.4, -0.2) is 19.5 Å². The average molecular weight is 545 g/mol. The molecule has 1 aliphatic heterocycles.